The van der Waals surface area contributed by atoms with Gasteiger partial charge in [0, 0.05) is 31.4 Å². The first-order valence-electron chi connectivity index (χ1n) is 8.61. The molecular formula is C18H25ClN2O4. The summed E-state index contributed by atoms with van der Waals surface area (Å²) in [6, 6.07) is 7.43. The number of ether oxygens (including phenoxy) is 2. The van der Waals surface area contributed by atoms with Gasteiger partial charge in [0.25, 0.3) is 5.91 Å². The Bertz CT molecular complexity index is 574. The highest BCUT2D eigenvalue weighted by Crippen LogP contribution is 2.26. The van der Waals surface area contributed by atoms with Gasteiger partial charge >= 0.3 is 0 Å². The Balaban J connectivity index is 1.77. The van der Waals surface area contributed by atoms with E-state index in [1.807, 2.05) is 25.1 Å². The van der Waals surface area contributed by atoms with Crippen molar-refractivity contribution >= 4 is 23.4 Å². The van der Waals surface area contributed by atoms with Crippen molar-refractivity contribution in [1.82, 2.24) is 10.2 Å². The summed E-state index contributed by atoms with van der Waals surface area (Å²) in [5.41, 5.74) is 0. The Morgan fingerprint density at radius 1 is 1.20 bits per heavy atom. The lowest BCUT2D eigenvalue weighted by molar-refractivity contribution is -0.134. The molecule has 0 bridgehead atoms. The van der Waals surface area contributed by atoms with Crippen LogP contribution in [0.2, 0.25) is 0 Å². The van der Waals surface area contributed by atoms with E-state index >= 15 is 0 Å². The maximum absolute atomic E-state index is 12.3. The van der Waals surface area contributed by atoms with Gasteiger partial charge < -0.3 is 19.7 Å². The van der Waals surface area contributed by atoms with Gasteiger partial charge in [0.2, 0.25) is 5.91 Å². The lowest BCUT2D eigenvalue weighted by Gasteiger charge is -2.32. The number of nitrogens with zero attached hydrogens (tertiary/aromatic N) is 1. The molecular weight excluding hydrogens is 344 g/mol. The first-order chi connectivity index (χ1) is 12.1. The fraction of sp³-hybridized carbons (Fsp3) is 0.556. The molecule has 6 nitrogen and oxygen atoms in total. The van der Waals surface area contributed by atoms with Gasteiger partial charge in [0.05, 0.1) is 6.61 Å². The number of carbonyl (C=O) groups is 2. The Hall–Kier alpha value is -1.95. The van der Waals surface area contributed by atoms with Crippen LogP contribution in [0.4, 0.5) is 0 Å². The van der Waals surface area contributed by atoms with E-state index < -0.39 is 0 Å². The van der Waals surface area contributed by atoms with Crippen LogP contribution < -0.4 is 14.8 Å². The predicted octanol–water partition coefficient (Wildman–Crippen LogP) is 2.20. The molecule has 1 heterocycles. The molecule has 0 aromatic heterocycles. The number of piperidine rings is 1. The molecule has 0 atom stereocenters. The number of benzene rings is 1. The van der Waals surface area contributed by atoms with Crippen molar-refractivity contribution in [1.29, 1.82) is 0 Å². The molecule has 2 amide bonds. The van der Waals surface area contributed by atoms with E-state index in [0.717, 1.165) is 12.8 Å². The van der Waals surface area contributed by atoms with Gasteiger partial charge in [0.15, 0.2) is 18.1 Å². The van der Waals surface area contributed by atoms with Crippen LogP contribution >= 0.6 is 11.6 Å². The number of nitrogens with one attached hydrogen (secondary N) is 1. The van der Waals surface area contributed by atoms with Crippen LogP contribution in [0.15, 0.2) is 24.3 Å². The highest BCUT2D eigenvalue weighted by atomic mass is 35.5. The fourth-order valence-electron chi connectivity index (χ4n) is 2.73. The van der Waals surface area contributed by atoms with E-state index in [9.17, 15) is 9.59 Å². The average molecular weight is 369 g/mol. The molecule has 1 fully saturated rings. The van der Waals surface area contributed by atoms with Crippen LogP contribution in [0.3, 0.4) is 0 Å². The van der Waals surface area contributed by atoms with E-state index in [-0.39, 0.29) is 24.5 Å². The van der Waals surface area contributed by atoms with Gasteiger partial charge in [-0.15, -0.1) is 11.6 Å². The summed E-state index contributed by atoms with van der Waals surface area (Å²) in [6.45, 7) is 3.64. The molecule has 138 valence electrons. The number of likely N-dealkylation sites (tertiary alicyclic amines) is 1. The van der Waals surface area contributed by atoms with Gasteiger partial charge in [-0.25, -0.2) is 0 Å². The summed E-state index contributed by atoms with van der Waals surface area (Å²) in [4.78, 5) is 25.7. The van der Waals surface area contributed by atoms with Gasteiger partial charge in [-0.2, -0.15) is 0 Å². The van der Waals surface area contributed by atoms with Crippen LogP contribution in [-0.4, -0.2) is 54.9 Å². The Labute approximate surface area is 153 Å². The molecule has 1 aromatic carbocycles. The largest absolute Gasteiger partial charge is 0.490 e. The van der Waals surface area contributed by atoms with Crippen molar-refractivity contribution in [3.63, 3.8) is 0 Å². The number of hydrogen-bond donors (Lipinski definition) is 1. The summed E-state index contributed by atoms with van der Waals surface area (Å²) in [5, 5.41) is 2.95. The minimum Gasteiger partial charge on any atom is -0.490 e. The molecule has 0 aliphatic carbocycles. The van der Waals surface area contributed by atoms with E-state index in [4.69, 9.17) is 21.1 Å². The van der Waals surface area contributed by atoms with Gasteiger partial charge in [-0.05, 0) is 31.9 Å². The van der Waals surface area contributed by atoms with Crippen molar-refractivity contribution in [2.24, 2.45) is 0 Å². The number of alkyl halides is 1. The molecule has 1 aromatic rings. The van der Waals surface area contributed by atoms with Crippen molar-refractivity contribution in [2.75, 3.05) is 32.2 Å². The van der Waals surface area contributed by atoms with E-state index in [2.05, 4.69) is 5.32 Å². The monoisotopic (exact) mass is 368 g/mol. The standard InChI is InChI=1S/C18H25ClN2O4/c1-2-24-15-5-3-4-6-16(15)25-13-18(23)21-11-8-14(9-12-21)20-17(22)7-10-19/h3-6,14H,2,7-13H2,1H3,(H,20,22). The van der Waals surface area contributed by atoms with Crippen molar-refractivity contribution in [3.8, 4) is 11.5 Å². The molecule has 1 aliphatic heterocycles. The molecule has 0 spiro atoms. The zero-order valence-electron chi connectivity index (χ0n) is 14.5. The lowest BCUT2D eigenvalue weighted by Crippen LogP contribution is -2.47. The summed E-state index contributed by atoms with van der Waals surface area (Å²) >= 11 is 5.56. The smallest absolute Gasteiger partial charge is 0.260 e. The van der Waals surface area contributed by atoms with Crippen molar-refractivity contribution in [2.45, 2.75) is 32.2 Å². The fourth-order valence-corrected chi connectivity index (χ4v) is 2.91. The summed E-state index contributed by atoms with van der Waals surface area (Å²) < 4.78 is 11.1. The first-order valence-corrected chi connectivity index (χ1v) is 9.15. The number of hydrogen-bond acceptors (Lipinski definition) is 4. The molecule has 0 saturated carbocycles. The molecule has 2 rings (SSSR count). The summed E-state index contributed by atoms with van der Waals surface area (Å²) in [6.07, 6.45) is 1.82. The number of para-hydroxylation sites is 2. The van der Waals surface area contributed by atoms with Crippen LogP contribution in [0, 0.1) is 0 Å². The minimum atomic E-state index is -0.0585. The highest BCUT2D eigenvalue weighted by Gasteiger charge is 2.24. The molecule has 0 radical (unpaired) electrons. The molecule has 1 aliphatic rings. The van der Waals surface area contributed by atoms with Crippen LogP contribution in [0.1, 0.15) is 26.2 Å². The van der Waals surface area contributed by atoms with E-state index in [1.165, 1.54) is 0 Å². The van der Waals surface area contributed by atoms with E-state index in [1.54, 1.807) is 11.0 Å². The second-order valence-electron chi connectivity index (χ2n) is 5.83. The third kappa shape index (κ3) is 6.12. The Kier molecular flexibility index (Phi) is 7.85. The second-order valence-corrected chi connectivity index (χ2v) is 6.21. The number of halogens is 1. The summed E-state index contributed by atoms with van der Waals surface area (Å²) in [7, 11) is 0. The molecule has 1 saturated heterocycles. The Morgan fingerprint density at radius 3 is 2.44 bits per heavy atom. The normalized spacial score (nSPS) is 14.9. The van der Waals surface area contributed by atoms with Crippen molar-refractivity contribution in [3.05, 3.63) is 24.3 Å². The second kappa shape index (κ2) is 10.1. The average Bonchev–Trinajstić information content (AvgIpc) is 2.62. The van der Waals surface area contributed by atoms with Crippen LogP contribution in [0.5, 0.6) is 11.5 Å². The summed E-state index contributed by atoms with van der Waals surface area (Å²) in [5.74, 6) is 1.44. The third-order valence-electron chi connectivity index (χ3n) is 4.03. The quantitative estimate of drug-likeness (QED) is 0.714. The van der Waals surface area contributed by atoms with Gasteiger partial charge in [-0.1, -0.05) is 12.1 Å². The maximum atomic E-state index is 12.3. The number of amides is 2. The molecule has 0 unspecified atom stereocenters. The molecule has 1 N–H and O–H groups in total. The highest BCUT2D eigenvalue weighted by molar-refractivity contribution is 6.18. The zero-order chi connectivity index (χ0) is 18.1. The predicted molar refractivity (Wildman–Crippen MR) is 96.2 cm³/mol. The lowest BCUT2D eigenvalue weighted by atomic mass is 10.0. The maximum Gasteiger partial charge on any atom is 0.260 e. The molecule has 25 heavy (non-hydrogen) atoms. The zero-order valence-corrected chi connectivity index (χ0v) is 15.3. The van der Waals surface area contributed by atoms with Crippen molar-refractivity contribution < 1.29 is 19.1 Å². The van der Waals surface area contributed by atoms with E-state index in [0.29, 0.717) is 43.5 Å². The van der Waals surface area contributed by atoms with Crippen LogP contribution in [0.25, 0.3) is 0 Å². The van der Waals surface area contributed by atoms with Gasteiger partial charge in [0.1, 0.15) is 0 Å². The molecule has 7 heteroatoms. The SMILES string of the molecule is CCOc1ccccc1OCC(=O)N1CCC(NC(=O)CCCl)CC1. The number of carbonyl (C=O) groups excluding carboxylic acids is 2. The van der Waals surface area contributed by atoms with Gasteiger partial charge in [-0.3, -0.25) is 9.59 Å². The Morgan fingerprint density at radius 2 is 1.84 bits per heavy atom. The topological polar surface area (TPSA) is 67.9 Å². The first kappa shape index (κ1) is 19.4. The number of rotatable bonds is 8. The minimum absolute atomic E-state index is 0.0205. The third-order valence-corrected chi connectivity index (χ3v) is 4.22. The van der Waals surface area contributed by atoms with Crippen LogP contribution in [-0.2, 0) is 9.59 Å².